The molecule has 4 aromatic carbocycles. The summed E-state index contributed by atoms with van der Waals surface area (Å²) in [6, 6.07) is 39.6. The van der Waals surface area contributed by atoms with Crippen LogP contribution in [0.3, 0.4) is 0 Å². The van der Waals surface area contributed by atoms with Crippen molar-refractivity contribution < 1.29 is 9.90 Å². The second-order valence-corrected chi connectivity index (χ2v) is 9.39. The molecule has 0 fully saturated rings. The molecule has 0 spiro atoms. The number of aliphatic imine (C=N–C) groups is 1. The summed E-state index contributed by atoms with van der Waals surface area (Å²) in [6.07, 6.45) is 3.42. The van der Waals surface area contributed by atoms with Gasteiger partial charge < -0.3 is 5.11 Å². The van der Waals surface area contributed by atoms with Crippen LogP contribution in [0.4, 0.5) is 0 Å². The molecule has 0 radical (unpaired) electrons. The highest BCUT2D eigenvalue weighted by atomic mass is 16.3. The molecular weight excluding hydrogens is 456 g/mol. The Morgan fingerprint density at radius 1 is 0.676 bits per heavy atom. The van der Waals surface area contributed by atoms with Crippen molar-refractivity contribution in [1.29, 1.82) is 0 Å². The van der Waals surface area contributed by atoms with Crippen LogP contribution in [0.1, 0.15) is 41.1 Å². The largest absolute Gasteiger partial charge is 0.391 e. The van der Waals surface area contributed by atoms with Crippen LogP contribution in [-0.2, 0) is 24.3 Å². The van der Waals surface area contributed by atoms with Crippen molar-refractivity contribution in [2.75, 3.05) is 0 Å². The number of hydrogen-bond acceptors (Lipinski definition) is 4. The van der Waals surface area contributed by atoms with Gasteiger partial charge in [-0.1, -0.05) is 121 Å². The molecule has 0 amide bonds. The Labute approximate surface area is 219 Å². The molecule has 0 saturated carbocycles. The molecule has 0 aliphatic rings. The van der Waals surface area contributed by atoms with Crippen molar-refractivity contribution in [3.8, 4) is 0 Å². The van der Waals surface area contributed by atoms with E-state index in [0.717, 1.165) is 29.5 Å². The Hall–Kier alpha value is -3.82. The zero-order valence-corrected chi connectivity index (χ0v) is 21.1. The van der Waals surface area contributed by atoms with E-state index in [2.05, 4.69) is 46.3 Å². The first kappa shape index (κ1) is 26.2. The van der Waals surface area contributed by atoms with Gasteiger partial charge >= 0.3 is 0 Å². The fourth-order valence-electron chi connectivity index (χ4n) is 4.94. The van der Waals surface area contributed by atoms with Gasteiger partial charge in [-0.15, -0.1) is 0 Å². The summed E-state index contributed by atoms with van der Waals surface area (Å²) >= 11 is 0. The molecule has 188 valence electrons. The first-order valence-corrected chi connectivity index (χ1v) is 12.9. The van der Waals surface area contributed by atoms with E-state index in [1.165, 1.54) is 5.56 Å². The maximum Gasteiger partial charge on any atom is 0.235 e. The molecule has 3 atom stereocenters. The van der Waals surface area contributed by atoms with Gasteiger partial charge in [0.25, 0.3) is 0 Å². The van der Waals surface area contributed by atoms with E-state index in [9.17, 15) is 9.90 Å². The number of aliphatic hydroxyl groups is 1. The Morgan fingerprint density at radius 3 is 1.62 bits per heavy atom. The summed E-state index contributed by atoms with van der Waals surface area (Å²) in [5.74, 6) is 0. The van der Waals surface area contributed by atoms with Crippen molar-refractivity contribution in [2.24, 2.45) is 4.99 Å². The Bertz CT molecular complexity index is 1190. The number of hydrogen-bond donors (Lipinski definition) is 1. The number of isocyanates is 1. The van der Waals surface area contributed by atoms with E-state index >= 15 is 0 Å². The van der Waals surface area contributed by atoms with Gasteiger partial charge in [-0.05, 0) is 41.5 Å². The van der Waals surface area contributed by atoms with E-state index in [-0.39, 0.29) is 0 Å². The molecule has 0 bridgehead atoms. The topological polar surface area (TPSA) is 52.9 Å². The van der Waals surface area contributed by atoms with E-state index < -0.39 is 18.2 Å². The highest BCUT2D eigenvalue weighted by Gasteiger charge is 2.35. The van der Waals surface area contributed by atoms with Crippen molar-refractivity contribution >= 4 is 6.08 Å². The molecule has 4 aromatic rings. The van der Waals surface area contributed by atoms with Crippen LogP contribution >= 0.6 is 0 Å². The number of aliphatic hydroxyl groups excluding tert-OH is 1. The molecule has 4 nitrogen and oxygen atoms in total. The highest BCUT2D eigenvalue weighted by molar-refractivity contribution is 5.36. The first-order chi connectivity index (χ1) is 18.2. The molecule has 37 heavy (non-hydrogen) atoms. The number of carbonyl (C=O) groups excluding carboxylic acids is 1. The van der Waals surface area contributed by atoms with Crippen LogP contribution in [0.2, 0.25) is 0 Å². The van der Waals surface area contributed by atoms with Gasteiger partial charge in [0.05, 0.1) is 12.1 Å². The van der Waals surface area contributed by atoms with Crippen LogP contribution in [-0.4, -0.2) is 28.2 Å². The molecule has 0 heterocycles. The first-order valence-electron chi connectivity index (χ1n) is 12.9. The van der Waals surface area contributed by atoms with Gasteiger partial charge in [0.2, 0.25) is 6.08 Å². The van der Waals surface area contributed by atoms with Crippen LogP contribution in [0.15, 0.2) is 126 Å². The molecule has 0 aliphatic heterocycles. The monoisotopic (exact) mass is 490 g/mol. The maximum absolute atomic E-state index is 11.7. The van der Waals surface area contributed by atoms with Gasteiger partial charge in [-0.2, -0.15) is 4.99 Å². The molecule has 4 rings (SSSR count). The summed E-state index contributed by atoms with van der Waals surface area (Å²) in [5, 5.41) is 11.7. The molecular formula is C33H34N2O2. The minimum Gasteiger partial charge on any atom is -0.391 e. The van der Waals surface area contributed by atoms with E-state index in [1.54, 1.807) is 6.08 Å². The summed E-state index contributed by atoms with van der Waals surface area (Å²) in [6.45, 7) is 1.24. The Balaban J connectivity index is 1.68. The fraction of sp³-hybridized carbons (Fsp3) is 0.242. The van der Waals surface area contributed by atoms with E-state index in [0.29, 0.717) is 19.5 Å². The summed E-state index contributed by atoms with van der Waals surface area (Å²) in [7, 11) is 0. The average molecular weight is 491 g/mol. The minimum atomic E-state index is -0.696. The lowest BCUT2D eigenvalue weighted by Crippen LogP contribution is -2.46. The third-order valence-electron chi connectivity index (χ3n) is 6.74. The smallest absolute Gasteiger partial charge is 0.235 e. The minimum absolute atomic E-state index is 0.417. The van der Waals surface area contributed by atoms with Crippen molar-refractivity contribution in [2.45, 2.75) is 50.5 Å². The third kappa shape index (κ3) is 7.83. The number of aryl methyl sites for hydroxylation is 1. The Kier molecular flexibility index (Phi) is 9.97. The van der Waals surface area contributed by atoms with E-state index in [4.69, 9.17) is 0 Å². The summed E-state index contributed by atoms with van der Waals surface area (Å²) in [4.78, 5) is 18.2. The average Bonchev–Trinajstić information content (AvgIpc) is 2.95. The normalized spacial score (nSPS) is 13.5. The lowest BCUT2D eigenvalue weighted by molar-refractivity contribution is 0.0192. The molecule has 3 unspecified atom stereocenters. The van der Waals surface area contributed by atoms with Crippen LogP contribution in [0.25, 0.3) is 0 Å². The van der Waals surface area contributed by atoms with Gasteiger partial charge in [0.1, 0.15) is 6.04 Å². The lowest BCUT2D eigenvalue weighted by Gasteiger charge is -2.38. The quantitative estimate of drug-likeness (QED) is 0.171. The van der Waals surface area contributed by atoms with Gasteiger partial charge in [0.15, 0.2) is 0 Å². The maximum atomic E-state index is 11.7. The number of nitrogens with zero attached hydrogens (tertiary/aromatic N) is 2. The Morgan fingerprint density at radius 2 is 1.14 bits per heavy atom. The second-order valence-electron chi connectivity index (χ2n) is 9.39. The predicted octanol–water partition coefficient (Wildman–Crippen LogP) is 6.52. The standard InChI is InChI=1S/C33H34N2O2/c36-26-34-32(30-21-11-4-12-22-30)33(31(37)23-13-20-27-14-5-1-6-15-27)35(24-28-16-7-2-8-17-28)25-29-18-9-3-10-19-29/h1-12,14-19,21-22,31-33,37H,13,20,23-25H2. The molecule has 0 aliphatic carbocycles. The van der Waals surface area contributed by atoms with Crippen LogP contribution in [0.5, 0.6) is 0 Å². The fourth-order valence-corrected chi connectivity index (χ4v) is 4.94. The van der Waals surface area contributed by atoms with Gasteiger partial charge in [0, 0.05) is 13.1 Å². The van der Waals surface area contributed by atoms with E-state index in [1.807, 2.05) is 84.9 Å². The SMILES string of the molecule is O=C=NC(c1ccccc1)C(C(O)CCCc1ccccc1)N(Cc1ccccc1)Cc1ccccc1. The molecule has 1 N–H and O–H groups in total. The van der Waals surface area contributed by atoms with Crippen molar-refractivity contribution in [3.05, 3.63) is 144 Å². The highest BCUT2D eigenvalue weighted by Crippen LogP contribution is 2.31. The zero-order chi connectivity index (χ0) is 25.7. The van der Waals surface area contributed by atoms with Crippen LogP contribution < -0.4 is 0 Å². The number of benzene rings is 4. The second kappa shape index (κ2) is 14.1. The summed E-state index contributed by atoms with van der Waals surface area (Å²) in [5.41, 5.74) is 4.43. The van der Waals surface area contributed by atoms with Crippen molar-refractivity contribution in [1.82, 2.24) is 4.90 Å². The molecule has 4 heteroatoms. The lowest BCUT2D eigenvalue weighted by atomic mass is 9.90. The van der Waals surface area contributed by atoms with Crippen molar-refractivity contribution in [3.63, 3.8) is 0 Å². The number of rotatable bonds is 13. The van der Waals surface area contributed by atoms with Gasteiger partial charge in [-0.3, -0.25) is 4.90 Å². The zero-order valence-electron chi connectivity index (χ0n) is 21.1. The molecule has 0 aromatic heterocycles. The summed E-state index contributed by atoms with van der Waals surface area (Å²) < 4.78 is 0. The molecule has 0 saturated heterocycles. The third-order valence-corrected chi connectivity index (χ3v) is 6.74. The predicted molar refractivity (Wildman–Crippen MR) is 149 cm³/mol. The van der Waals surface area contributed by atoms with Gasteiger partial charge in [-0.25, -0.2) is 4.79 Å². The van der Waals surface area contributed by atoms with Crippen LogP contribution in [0, 0.1) is 0 Å².